The average molecular weight is 212 g/mol. The highest BCUT2D eigenvalue weighted by atomic mass is 16.2. The molecule has 3 nitrogen and oxygen atoms in total. The Morgan fingerprint density at radius 1 is 1.47 bits per heavy atom. The third kappa shape index (κ3) is 4.20. The first-order chi connectivity index (χ1) is 7.27. The summed E-state index contributed by atoms with van der Waals surface area (Å²) in [5.41, 5.74) is 0. The standard InChI is InChI=1S/C12H24N2O/c1-3-5-6-11(4-2)10-14-8-7-13-9-12(14)15/h11,13H,3-10H2,1-2H3. The van der Waals surface area contributed by atoms with E-state index >= 15 is 0 Å². The van der Waals surface area contributed by atoms with Crippen molar-refractivity contribution in [3.63, 3.8) is 0 Å². The van der Waals surface area contributed by atoms with Crippen molar-refractivity contribution in [3.05, 3.63) is 0 Å². The van der Waals surface area contributed by atoms with E-state index in [0.717, 1.165) is 19.6 Å². The molecule has 0 bridgehead atoms. The molecule has 15 heavy (non-hydrogen) atoms. The Labute approximate surface area is 93.2 Å². The molecule has 1 N–H and O–H groups in total. The lowest BCUT2D eigenvalue weighted by Gasteiger charge is -2.30. The lowest BCUT2D eigenvalue weighted by atomic mass is 9.98. The Balaban J connectivity index is 2.32. The first-order valence-electron chi connectivity index (χ1n) is 6.26. The Bertz CT molecular complexity index is 194. The van der Waals surface area contributed by atoms with Crippen LogP contribution >= 0.6 is 0 Å². The van der Waals surface area contributed by atoms with Gasteiger partial charge in [-0.05, 0) is 12.3 Å². The monoisotopic (exact) mass is 212 g/mol. The molecule has 1 fully saturated rings. The maximum Gasteiger partial charge on any atom is 0.236 e. The van der Waals surface area contributed by atoms with Crippen LogP contribution in [0, 0.1) is 5.92 Å². The van der Waals surface area contributed by atoms with E-state index in [2.05, 4.69) is 19.2 Å². The molecule has 1 amide bonds. The second-order valence-corrected chi connectivity index (χ2v) is 4.43. The number of hydrogen-bond donors (Lipinski definition) is 1. The molecule has 3 heteroatoms. The SMILES string of the molecule is CCCCC(CC)CN1CCNCC1=O. The van der Waals surface area contributed by atoms with Crippen LogP contribution in [0.15, 0.2) is 0 Å². The molecule has 1 atom stereocenters. The topological polar surface area (TPSA) is 32.3 Å². The molecule has 1 unspecified atom stereocenters. The summed E-state index contributed by atoms with van der Waals surface area (Å²) < 4.78 is 0. The highest BCUT2D eigenvalue weighted by molar-refractivity contribution is 5.78. The quantitative estimate of drug-likeness (QED) is 0.726. The fraction of sp³-hybridized carbons (Fsp3) is 0.917. The summed E-state index contributed by atoms with van der Waals surface area (Å²) in [7, 11) is 0. The lowest BCUT2D eigenvalue weighted by Crippen LogP contribution is -2.49. The molecule has 0 spiro atoms. The van der Waals surface area contributed by atoms with Crippen molar-refractivity contribution in [1.29, 1.82) is 0 Å². The molecule has 1 heterocycles. The van der Waals surface area contributed by atoms with Gasteiger partial charge in [-0.15, -0.1) is 0 Å². The van der Waals surface area contributed by atoms with Crippen LogP contribution < -0.4 is 5.32 Å². The molecule has 0 aromatic carbocycles. The number of carbonyl (C=O) groups is 1. The van der Waals surface area contributed by atoms with E-state index in [1.165, 1.54) is 25.7 Å². The van der Waals surface area contributed by atoms with Gasteiger partial charge in [-0.2, -0.15) is 0 Å². The van der Waals surface area contributed by atoms with Crippen molar-refractivity contribution in [2.75, 3.05) is 26.2 Å². The number of nitrogens with zero attached hydrogens (tertiary/aromatic N) is 1. The van der Waals surface area contributed by atoms with E-state index in [9.17, 15) is 4.79 Å². The highest BCUT2D eigenvalue weighted by Crippen LogP contribution is 2.14. The summed E-state index contributed by atoms with van der Waals surface area (Å²) in [6, 6.07) is 0. The van der Waals surface area contributed by atoms with Gasteiger partial charge >= 0.3 is 0 Å². The van der Waals surface area contributed by atoms with Crippen molar-refractivity contribution in [2.24, 2.45) is 5.92 Å². The van der Waals surface area contributed by atoms with Crippen molar-refractivity contribution in [3.8, 4) is 0 Å². The van der Waals surface area contributed by atoms with Crippen molar-refractivity contribution < 1.29 is 4.79 Å². The van der Waals surface area contributed by atoms with Crippen LogP contribution in [0.5, 0.6) is 0 Å². The molecule has 88 valence electrons. The molecule has 0 aromatic heterocycles. The van der Waals surface area contributed by atoms with E-state index in [-0.39, 0.29) is 5.91 Å². The number of carbonyl (C=O) groups excluding carboxylic acids is 1. The van der Waals surface area contributed by atoms with Crippen LogP contribution in [0.2, 0.25) is 0 Å². The van der Waals surface area contributed by atoms with Gasteiger partial charge in [0, 0.05) is 19.6 Å². The van der Waals surface area contributed by atoms with Gasteiger partial charge in [0.2, 0.25) is 5.91 Å². The van der Waals surface area contributed by atoms with E-state index in [1.54, 1.807) is 0 Å². The molecule has 1 rings (SSSR count). The predicted molar refractivity (Wildman–Crippen MR) is 62.8 cm³/mol. The van der Waals surface area contributed by atoms with Crippen LogP contribution in [-0.2, 0) is 4.79 Å². The minimum atomic E-state index is 0.274. The van der Waals surface area contributed by atoms with Gasteiger partial charge in [0.25, 0.3) is 0 Å². The zero-order chi connectivity index (χ0) is 11.1. The van der Waals surface area contributed by atoms with Crippen molar-refractivity contribution >= 4 is 5.91 Å². The third-order valence-corrected chi connectivity index (χ3v) is 3.21. The summed E-state index contributed by atoms with van der Waals surface area (Å²) in [6.07, 6.45) is 5.01. The molecular formula is C12H24N2O. The van der Waals surface area contributed by atoms with Gasteiger partial charge in [0.05, 0.1) is 6.54 Å². The Kier molecular flexibility index (Phi) is 5.69. The largest absolute Gasteiger partial charge is 0.340 e. The fourth-order valence-electron chi connectivity index (χ4n) is 2.07. The van der Waals surface area contributed by atoms with E-state index in [1.807, 2.05) is 4.90 Å². The maximum absolute atomic E-state index is 11.6. The molecule has 0 aromatic rings. The van der Waals surface area contributed by atoms with E-state index in [4.69, 9.17) is 0 Å². The van der Waals surface area contributed by atoms with Crippen LogP contribution in [0.1, 0.15) is 39.5 Å². The fourth-order valence-corrected chi connectivity index (χ4v) is 2.07. The zero-order valence-corrected chi connectivity index (χ0v) is 10.1. The van der Waals surface area contributed by atoms with Gasteiger partial charge in [0.1, 0.15) is 0 Å². The zero-order valence-electron chi connectivity index (χ0n) is 10.1. The summed E-state index contributed by atoms with van der Waals surface area (Å²) in [5, 5.41) is 3.11. The summed E-state index contributed by atoms with van der Waals surface area (Å²) in [5.74, 6) is 0.975. The molecule has 1 aliphatic heterocycles. The van der Waals surface area contributed by atoms with Gasteiger partial charge in [-0.1, -0.05) is 33.1 Å². The summed E-state index contributed by atoms with van der Waals surface area (Å²) >= 11 is 0. The molecule has 0 radical (unpaired) electrons. The Morgan fingerprint density at radius 2 is 2.27 bits per heavy atom. The number of hydrogen-bond acceptors (Lipinski definition) is 2. The predicted octanol–water partition coefficient (Wildman–Crippen LogP) is 1.63. The number of nitrogens with one attached hydrogen (secondary N) is 1. The van der Waals surface area contributed by atoms with Crippen LogP contribution in [0.4, 0.5) is 0 Å². The number of rotatable bonds is 6. The minimum Gasteiger partial charge on any atom is -0.340 e. The molecule has 1 aliphatic rings. The molecular weight excluding hydrogens is 188 g/mol. The average Bonchev–Trinajstić information content (AvgIpc) is 2.26. The smallest absolute Gasteiger partial charge is 0.236 e. The summed E-state index contributed by atoms with van der Waals surface area (Å²) in [4.78, 5) is 13.6. The molecule has 1 saturated heterocycles. The first-order valence-corrected chi connectivity index (χ1v) is 6.26. The molecule has 0 saturated carbocycles. The van der Waals surface area contributed by atoms with Gasteiger partial charge in [0.15, 0.2) is 0 Å². The van der Waals surface area contributed by atoms with E-state index < -0.39 is 0 Å². The van der Waals surface area contributed by atoms with Crippen molar-refractivity contribution in [2.45, 2.75) is 39.5 Å². The van der Waals surface area contributed by atoms with Crippen LogP contribution in [0.25, 0.3) is 0 Å². The second-order valence-electron chi connectivity index (χ2n) is 4.43. The Hall–Kier alpha value is -0.570. The maximum atomic E-state index is 11.6. The summed E-state index contributed by atoms with van der Waals surface area (Å²) in [6.45, 7) is 7.80. The minimum absolute atomic E-state index is 0.274. The normalized spacial score (nSPS) is 19.3. The first kappa shape index (κ1) is 12.5. The highest BCUT2D eigenvalue weighted by Gasteiger charge is 2.20. The van der Waals surface area contributed by atoms with Gasteiger partial charge in [-0.3, -0.25) is 4.79 Å². The lowest BCUT2D eigenvalue weighted by molar-refractivity contribution is -0.132. The Morgan fingerprint density at radius 3 is 2.87 bits per heavy atom. The van der Waals surface area contributed by atoms with Crippen LogP contribution in [-0.4, -0.2) is 37.0 Å². The number of piperazine rings is 1. The van der Waals surface area contributed by atoms with E-state index in [0.29, 0.717) is 12.5 Å². The van der Waals surface area contributed by atoms with Gasteiger partial charge in [-0.25, -0.2) is 0 Å². The third-order valence-electron chi connectivity index (χ3n) is 3.21. The number of amides is 1. The second kappa shape index (κ2) is 6.83. The molecule has 0 aliphatic carbocycles. The van der Waals surface area contributed by atoms with Gasteiger partial charge < -0.3 is 10.2 Å². The van der Waals surface area contributed by atoms with Crippen LogP contribution in [0.3, 0.4) is 0 Å². The van der Waals surface area contributed by atoms with Crippen molar-refractivity contribution in [1.82, 2.24) is 10.2 Å². The number of unbranched alkanes of at least 4 members (excludes halogenated alkanes) is 1.